The number of allylic oxidation sites excluding steroid dienone is 7. The van der Waals surface area contributed by atoms with E-state index in [1.807, 2.05) is 0 Å². The Hall–Kier alpha value is -1.90. The smallest absolute Gasteiger partial charge is 0.303 e. The summed E-state index contributed by atoms with van der Waals surface area (Å²) in [6.07, 6.45) is 14.3. The Balaban J connectivity index is 1.67. The monoisotopic (exact) mass is 352 g/mol. The number of hydrogen-bond donors (Lipinski definition) is 1. The summed E-state index contributed by atoms with van der Waals surface area (Å²) in [4.78, 5) is 22.9. The molecule has 6 atom stereocenters. The molecule has 1 N–H and O–H groups in total. The molecular formula is C23H28O3. The Morgan fingerprint density at radius 2 is 2.08 bits per heavy atom. The van der Waals surface area contributed by atoms with E-state index in [1.165, 1.54) is 5.57 Å². The molecule has 26 heavy (non-hydrogen) atoms. The van der Waals surface area contributed by atoms with E-state index in [4.69, 9.17) is 5.11 Å². The average Bonchev–Trinajstić information content (AvgIpc) is 2.83. The molecule has 0 aromatic heterocycles. The number of carboxylic acids is 1. The van der Waals surface area contributed by atoms with E-state index in [2.05, 4.69) is 38.7 Å². The summed E-state index contributed by atoms with van der Waals surface area (Å²) in [5.74, 6) is 1.19. The second kappa shape index (κ2) is 5.80. The Kier molecular flexibility index (Phi) is 3.91. The van der Waals surface area contributed by atoms with Crippen LogP contribution < -0.4 is 0 Å². The summed E-state index contributed by atoms with van der Waals surface area (Å²) in [5.41, 5.74) is 2.47. The van der Waals surface area contributed by atoms with Crippen LogP contribution in [0.2, 0.25) is 0 Å². The topological polar surface area (TPSA) is 54.4 Å². The second-order valence-electron chi connectivity index (χ2n) is 9.16. The summed E-state index contributed by atoms with van der Waals surface area (Å²) < 4.78 is 0. The molecule has 0 bridgehead atoms. The van der Waals surface area contributed by atoms with Gasteiger partial charge in [0.25, 0.3) is 0 Å². The molecule has 0 aromatic rings. The molecule has 4 rings (SSSR count). The number of ketones is 1. The first-order chi connectivity index (χ1) is 12.3. The van der Waals surface area contributed by atoms with Gasteiger partial charge in [-0.2, -0.15) is 0 Å². The van der Waals surface area contributed by atoms with Crippen LogP contribution in [-0.4, -0.2) is 16.9 Å². The molecule has 0 heterocycles. The highest BCUT2D eigenvalue weighted by atomic mass is 16.4. The number of hydrogen-bond acceptors (Lipinski definition) is 2. The Bertz CT molecular complexity index is 770. The lowest BCUT2D eigenvalue weighted by Gasteiger charge is -2.54. The molecule has 138 valence electrons. The molecule has 3 heteroatoms. The quantitative estimate of drug-likeness (QED) is 0.748. The molecule has 4 aliphatic rings. The zero-order valence-electron chi connectivity index (χ0n) is 15.7. The fourth-order valence-corrected chi connectivity index (χ4v) is 6.52. The van der Waals surface area contributed by atoms with Crippen molar-refractivity contribution in [2.75, 3.05) is 0 Å². The predicted molar refractivity (Wildman–Crippen MR) is 101 cm³/mol. The Labute approximate surface area is 155 Å². The van der Waals surface area contributed by atoms with Crippen LogP contribution in [0.15, 0.2) is 48.1 Å². The van der Waals surface area contributed by atoms with Crippen LogP contribution in [0.4, 0.5) is 0 Å². The molecular weight excluding hydrogens is 324 g/mol. The molecule has 3 nitrogen and oxygen atoms in total. The van der Waals surface area contributed by atoms with Gasteiger partial charge in [0.2, 0.25) is 0 Å². The minimum atomic E-state index is -0.713. The largest absolute Gasteiger partial charge is 0.481 e. The number of carboxylic acid groups (broad SMARTS) is 1. The van der Waals surface area contributed by atoms with E-state index in [0.717, 1.165) is 24.8 Å². The van der Waals surface area contributed by atoms with E-state index in [-0.39, 0.29) is 23.0 Å². The van der Waals surface area contributed by atoms with Gasteiger partial charge < -0.3 is 5.11 Å². The summed E-state index contributed by atoms with van der Waals surface area (Å²) >= 11 is 0. The third kappa shape index (κ3) is 2.39. The van der Waals surface area contributed by atoms with E-state index in [9.17, 15) is 9.59 Å². The lowest BCUT2D eigenvalue weighted by molar-refractivity contribution is -0.137. The van der Waals surface area contributed by atoms with Crippen molar-refractivity contribution in [2.45, 2.75) is 46.0 Å². The van der Waals surface area contributed by atoms with Crippen LogP contribution in [0.1, 0.15) is 46.0 Å². The van der Waals surface area contributed by atoms with Crippen LogP contribution in [0.25, 0.3) is 0 Å². The molecule has 0 aromatic carbocycles. The van der Waals surface area contributed by atoms with Gasteiger partial charge in [-0.15, -0.1) is 0 Å². The SMILES string of the molecule is C=C1CC2C3C=CC4=CC(=O)C=C[C@]4(C)C3CC[C@]2(C)[C@@H]1CCC(=O)O. The first kappa shape index (κ1) is 17.5. The second-order valence-corrected chi connectivity index (χ2v) is 9.16. The van der Waals surface area contributed by atoms with E-state index in [0.29, 0.717) is 30.1 Å². The predicted octanol–water partition coefficient (Wildman–Crippen LogP) is 4.72. The zero-order chi connectivity index (χ0) is 18.7. The van der Waals surface area contributed by atoms with Gasteiger partial charge in [-0.25, -0.2) is 0 Å². The molecule has 0 aliphatic heterocycles. The normalized spacial score (nSPS) is 43.5. The number of fused-ring (bicyclic) bond motifs is 5. The molecule has 0 radical (unpaired) electrons. The molecule has 2 saturated carbocycles. The van der Waals surface area contributed by atoms with Crippen molar-refractivity contribution in [3.05, 3.63) is 48.1 Å². The molecule has 2 fully saturated rings. The fraction of sp³-hybridized carbons (Fsp3) is 0.565. The van der Waals surface area contributed by atoms with Crippen molar-refractivity contribution in [2.24, 2.45) is 34.5 Å². The number of carbonyl (C=O) groups excluding carboxylic acids is 1. The van der Waals surface area contributed by atoms with Crippen molar-refractivity contribution in [3.8, 4) is 0 Å². The standard InChI is InChI=1S/C23H28O3/c1-14-12-20-17-5-4-15-13-16(24)8-10-22(15,2)19(17)9-11-23(20,3)18(14)6-7-21(25)26/h4-5,8,10,13,17-20H,1,6-7,9,11-12H2,2-3H3,(H,25,26)/t17?,18-,19?,20?,22+,23-/m1/s1. The lowest BCUT2D eigenvalue weighted by atomic mass is 9.49. The maximum atomic E-state index is 11.8. The van der Waals surface area contributed by atoms with E-state index >= 15 is 0 Å². The zero-order valence-corrected chi connectivity index (χ0v) is 15.7. The van der Waals surface area contributed by atoms with Crippen molar-refractivity contribution < 1.29 is 14.7 Å². The number of rotatable bonds is 3. The third-order valence-electron chi connectivity index (χ3n) is 7.97. The van der Waals surface area contributed by atoms with Gasteiger partial charge >= 0.3 is 5.97 Å². The Morgan fingerprint density at radius 1 is 1.31 bits per heavy atom. The average molecular weight is 352 g/mol. The van der Waals surface area contributed by atoms with E-state index in [1.54, 1.807) is 12.2 Å². The minimum Gasteiger partial charge on any atom is -0.481 e. The molecule has 0 saturated heterocycles. The van der Waals surface area contributed by atoms with Gasteiger partial charge in [0.1, 0.15) is 0 Å². The fourth-order valence-electron chi connectivity index (χ4n) is 6.52. The van der Waals surface area contributed by atoms with Crippen molar-refractivity contribution >= 4 is 11.8 Å². The Morgan fingerprint density at radius 3 is 2.81 bits per heavy atom. The third-order valence-corrected chi connectivity index (χ3v) is 7.97. The van der Waals surface area contributed by atoms with E-state index < -0.39 is 5.97 Å². The van der Waals surface area contributed by atoms with Crippen LogP contribution in [0, 0.1) is 34.5 Å². The first-order valence-corrected chi connectivity index (χ1v) is 9.79. The van der Waals surface area contributed by atoms with Crippen molar-refractivity contribution in [3.63, 3.8) is 0 Å². The molecule has 3 unspecified atom stereocenters. The lowest BCUT2D eigenvalue weighted by Crippen LogP contribution is -2.48. The molecule has 0 spiro atoms. The van der Waals surface area contributed by atoms with Gasteiger partial charge in [0.15, 0.2) is 5.78 Å². The highest BCUT2D eigenvalue weighted by molar-refractivity contribution is 6.01. The van der Waals surface area contributed by atoms with Gasteiger partial charge in [-0.05, 0) is 72.5 Å². The number of carbonyl (C=O) groups is 2. The summed E-state index contributed by atoms with van der Waals surface area (Å²) in [6.45, 7) is 8.98. The molecule has 0 amide bonds. The van der Waals surface area contributed by atoms with Gasteiger partial charge in [0, 0.05) is 11.8 Å². The van der Waals surface area contributed by atoms with Crippen molar-refractivity contribution in [1.82, 2.24) is 0 Å². The highest BCUT2D eigenvalue weighted by Gasteiger charge is 2.58. The summed E-state index contributed by atoms with van der Waals surface area (Å²) in [6, 6.07) is 0. The van der Waals surface area contributed by atoms with Crippen molar-refractivity contribution in [1.29, 1.82) is 0 Å². The first-order valence-electron chi connectivity index (χ1n) is 9.79. The number of aliphatic carboxylic acids is 1. The summed E-state index contributed by atoms with van der Waals surface area (Å²) in [7, 11) is 0. The molecule has 4 aliphatic carbocycles. The van der Waals surface area contributed by atoms with Crippen LogP contribution in [0.3, 0.4) is 0 Å². The summed E-state index contributed by atoms with van der Waals surface area (Å²) in [5, 5.41) is 9.13. The highest BCUT2D eigenvalue weighted by Crippen LogP contribution is 2.66. The maximum Gasteiger partial charge on any atom is 0.303 e. The minimum absolute atomic E-state index is 0.0604. The van der Waals surface area contributed by atoms with Gasteiger partial charge in [-0.3, -0.25) is 9.59 Å². The van der Waals surface area contributed by atoms with Gasteiger partial charge in [-0.1, -0.05) is 44.2 Å². The van der Waals surface area contributed by atoms with Crippen LogP contribution in [0.5, 0.6) is 0 Å². The maximum absolute atomic E-state index is 11.8. The van der Waals surface area contributed by atoms with Gasteiger partial charge in [0.05, 0.1) is 0 Å². The van der Waals surface area contributed by atoms with Crippen LogP contribution >= 0.6 is 0 Å². The van der Waals surface area contributed by atoms with Crippen LogP contribution in [-0.2, 0) is 9.59 Å².